The summed E-state index contributed by atoms with van der Waals surface area (Å²) in [5.74, 6) is 1.05. The van der Waals surface area contributed by atoms with Crippen LogP contribution in [0.1, 0.15) is 42.6 Å². The van der Waals surface area contributed by atoms with E-state index in [4.69, 9.17) is 14.2 Å². The monoisotopic (exact) mass is 491 g/mol. The van der Waals surface area contributed by atoms with E-state index in [1.807, 2.05) is 36.4 Å². The van der Waals surface area contributed by atoms with Crippen LogP contribution in [0.3, 0.4) is 0 Å². The van der Waals surface area contributed by atoms with E-state index in [-0.39, 0.29) is 18.4 Å². The molecule has 3 heterocycles. The highest BCUT2D eigenvalue weighted by Gasteiger charge is 2.48. The summed E-state index contributed by atoms with van der Waals surface area (Å²) in [7, 11) is 3.19. The largest absolute Gasteiger partial charge is 0.493 e. The predicted octanol–water partition coefficient (Wildman–Crippen LogP) is 3.69. The number of ether oxygens (including phenoxy) is 3. The number of hydrogen-bond donors (Lipinski definition) is 1. The second kappa shape index (κ2) is 10.2. The number of hydrogen-bond acceptors (Lipinski definition) is 5. The Labute approximate surface area is 211 Å². The average Bonchev–Trinajstić information content (AvgIpc) is 3.28. The highest BCUT2D eigenvalue weighted by atomic mass is 16.5. The fourth-order valence-corrected chi connectivity index (χ4v) is 5.57. The van der Waals surface area contributed by atoms with Crippen LogP contribution < -0.4 is 9.47 Å². The molecule has 0 bridgehead atoms. The van der Waals surface area contributed by atoms with E-state index in [2.05, 4.69) is 18.0 Å². The van der Waals surface area contributed by atoms with E-state index >= 15 is 0 Å². The van der Waals surface area contributed by atoms with Gasteiger partial charge in [-0.15, -0.1) is 0 Å². The summed E-state index contributed by atoms with van der Waals surface area (Å²) in [5.41, 5.74) is 3.76. The fraction of sp³-hybridized carbons (Fsp3) is 0.429. The number of para-hydroxylation sites is 2. The number of nitrogens with one attached hydrogen (secondary N) is 1. The summed E-state index contributed by atoms with van der Waals surface area (Å²) in [6.45, 7) is 3.91. The van der Waals surface area contributed by atoms with Gasteiger partial charge in [-0.1, -0.05) is 37.3 Å². The first kappa shape index (κ1) is 24.2. The number of carbonyl (C=O) groups is 2. The standard InChI is InChI=1S/C28H33N3O5/c1-4-14-36-15-8-13-30-17-24(32)31-22(28(30)33)16-20-18-9-5-6-11-21(18)29-25(20)26(31)19-10-7-12-23(34-2)27(19)35-3/h5-7,9-12,22,26,29H,4,8,13-17H2,1-3H3/t22-,26+/m0/s1. The van der Waals surface area contributed by atoms with Crippen molar-refractivity contribution in [3.8, 4) is 11.5 Å². The zero-order chi connectivity index (χ0) is 25.2. The van der Waals surface area contributed by atoms with Crippen LogP contribution in [0, 0.1) is 0 Å². The van der Waals surface area contributed by atoms with Crippen molar-refractivity contribution in [2.45, 2.75) is 38.3 Å². The lowest BCUT2D eigenvalue weighted by Gasteiger charge is -2.47. The Balaban J connectivity index is 1.57. The van der Waals surface area contributed by atoms with Gasteiger partial charge in [-0.25, -0.2) is 0 Å². The smallest absolute Gasteiger partial charge is 0.246 e. The first-order chi connectivity index (χ1) is 17.6. The lowest BCUT2D eigenvalue weighted by atomic mass is 9.85. The van der Waals surface area contributed by atoms with Gasteiger partial charge in [-0.3, -0.25) is 9.59 Å². The van der Waals surface area contributed by atoms with Crippen molar-refractivity contribution in [2.75, 3.05) is 40.5 Å². The Morgan fingerprint density at radius 3 is 2.64 bits per heavy atom. The van der Waals surface area contributed by atoms with Crippen molar-refractivity contribution in [1.82, 2.24) is 14.8 Å². The van der Waals surface area contributed by atoms with Crippen LogP contribution >= 0.6 is 0 Å². The van der Waals surface area contributed by atoms with E-state index in [9.17, 15) is 9.59 Å². The number of nitrogens with zero attached hydrogens (tertiary/aromatic N) is 2. The molecule has 2 amide bonds. The van der Waals surface area contributed by atoms with E-state index < -0.39 is 12.1 Å². The Hall–Kier alpha value is -3.52. The summed E-state index contributed by atoms with van der Waals surface area (Å²) in [5, 5.41) is 1.07. The topological polar surface area (TPSA) is 84.1 Å². The number of aromatic amines is 1. The molecule has 0 unspecified atom stereocenters. The van der Waals surface area contributed by atoms with Gasteiger partial charge in [0.25, 0.3) is 0 Å². The quantitative estimate of drug-likeness (QED) is 0.462. The predicted molar refractivity (Wildman–Crippen MR) is 136 cm³/mol. The van der Waals surface area contributed by atoms with Gasteiger partial charge in [0.15, 0.2) is 11.5 Å². The fourth-order valence-electron chi connectivity index (χ4n) is 5.57. The minimum absolute atomic E-state index is 0.0205. The number of fused-ring (bicyclic) bond motifs is 4. The molecule has 0 saturated carbocycles. The number of methoxy groups -OCH3 is 2. The SMILES string of the molecule is CCCOCCCN1CC(=O)N2[C@H](c3cccc(OC)c3OC)c3[nH]c4ccccc4c3C[C@H]2C1=O. The minimum Gasteiger partial charge on any atom is -0.493 e. The number of benzene rings is 2. The summed E-state index contributed by atoms with van der Waals surface area (Å²) < 4.78 is 16.9. The molecule has 1 aromatic heterocycles. The molecule has 0 radical (unpaired) electrons. The number of rotatable bonds is 9. The normalized spacial score (nSPS) is 19.4. The Morgan fingerprint density at radius 2 is 1.86 bits per heavy atom. The van der Waals surface area contributed by atoms with Crippen LogP contribution in [0.15, 0.2) is 42.5 Å². The van der Waals surface area contributed by atoms with E-state index in [0.29, 0.717) is 44.1 Å². The van der Waals surface area contributed by atoms with E-state index in [0.717, 1.165) is 34.1 Å². The lowest BCUT2D eigenvalue weighted by molar-refractivity contribution is -0.158. The van der Waals surface area contributed by atoms with Gasteiger partial charge in [0.2, 0.25) is 11.8 Å². The lowest BCUT2D eigenvalue weighted by Crippen LogP contribution is -2.63. The maximum Gasteiger partial charge on any atom is 0.246 e. The number of carbonyl (C=O) groups excluding carboxylic acids is 2. The highest BCUT2D eigenvalue weighted by molar-refractivity contribution is 5.97. The molecule has 36 heavy (non-hydrogen) atoms. The number of piperazine rings is 1. The first-order valence-electron chi connectivity index (χ1n) is 12.6. The van der Waals surface area contributed by atoms with Gasteiger partial charge in [0.1, 0.15) is 12.1 Å². The molecule has 8 nitrogen and oxygen atoms in total. The van der Waals surface area contributed by atoms with Crippen molar-refractivity contribution < 1.29 is 23.8 Å². The summed E-state index contributed by atoms with van der Waals surface area (Å²) >= 11 is 0. The minimum atomic E-state index is -0.588. The van der Waals surface area contributed by atoms with Gasteiger partial charge in [-0.2, -0.15) is 0 Å². The zero-order valence-electron chi connectivity index (χ0n) is 21.1. The molecule has 2 aliphatic rings. The van der Waals surface area contributed by atoms with Crippen molar-refractivity contribution in [1.29, 1.82) is 0 Å². The molecule has 2 aliphatic heterocycles. The van der Waals surface area contributed by atoms with Crippen molar-refractivity contribution in [2.24, 2.45) is 0 Å². The molecule has 0 spiro atoms. The van der Waals surface area contributed by atoms with Gasteiger partial charge < -0.3 is 29.0 Å². The van der Waals surface area contributed by atoms with Gasteiger partial charge >= 0.3 is 0 Å². The van der Waals surface area contributed by atoms with Crippen molar-refractivity contribution in [3.05, 3.63) is 59.3 Å². The highest BCUT2D eigenvalue weighted by Crippen LogP contribution is 2.46. The number of H-pyrrole nitrogens is 1. The van der Waals surface area contributed by atoms with Crippen LogP contribution in [-0.4, -0.2) is 73.2 Å². The molecule has 1 fully saturated rings. The molecule has 8 heteroatoms. The zero-order valence-corrected chi connectivity index (χ0v) is 21.1. The molecular formula is C28H33N3O5. The Morgan fingerprint density at radius 1 is 1.03 bits per heavy atom. The summed E-state index contributed by atoms with van der Waals surface area (Å²) in [6, 6.07) is 12.7. The van der Waals surface area contributed by atoms with Gasteiger partial charge in [-0.05, 0) is 30.5 Å². The third-order valence-corrected chi connectivity index (χ3v) is 7.14. The molecule has 1 saturated heterocycles. The molecule has 3 aromatic rings. The second-order valence-corrected chi connectivity index (χ2v) is 9.29. The molecule has 0 aliphatic carbocycles. The number of aromatic nitrogens is 1. The first-order valence-corrected chi connectivity index (χ1v) is 12.6. The molecule has 1 N–H and O–H groups in total. The molecular weight excluding hydrogens is 458 g/mol. The molecule has 190 valence electrons. The molecule has 2 atom stereocenters. The summed E-state index contributed by atoms with van der Waals surface area (Å²) in [4.78, 5) is 34.5. The Kier molecular flexibility index (Phi) is 6.87. The third kappa shape index (κ3) is 4.09. The van der Waals surface area contributed by atoms with E-state index in [1.165, 1.54) is 0 Å². The maximum atomic E-state index is 13.8. The van der Waals surface area contributed by atoms with Crippen LogP contribution in [0.4, 0.5) is 0 Å². The average molecular weight is 492 g/mol. The van der Waals surface area contributed by atoms with Crippen molar-refractivity contribution >= 4 is 22.7 Å². The van der Waals surface area contributed by atoms with Crippen molar-refractivity contribution in [3.63, 3.8) is 0 Å². The van der Waals surface area contributed by atoms with Gasteiger partial charge in [0, 0.05) is 48.3 Å². The van der Waals surface area contributed by atoms with E-state index in [1.54, 1.807) is 24.0 Å². The van der Waals surface area contributed by atoms with Crippen LogP contribution in [0.25, 0.3) is 10.9 Å². The Bertz CT molecular complexity index is 1270. The van der Waals surface area contributed by atoms with Gasteiger partial charge in [0.05, 0.1) is 20.8 Å². The third-order valence-electron chi connectivity index (χ3n) is 7.14. The van der Waals surface area contributed by atoms with Crippen LogP contribution in [0.5, 0.6) is 11.5 Å². The number of amides is 2. The second-order valence-electron chi connectivity index (χ2n) is 9.29. The van der Waals surface area contributed by atoms with Crippen LogP contribution in [0.2, 0.25) is 0 Å². The van der Waals surface area contributed by atoms with Crippen LogP contribution in [-0.2, 0) is 20.7 Å². The molecule has 2 aromatic carbocycles. The molecule has 5 rings (SSSR count). The maximum absolute atomic E-state index is 13.8. The summed E-state index contributed by atoms with van der Waals surface area (Å²) in [6.07, 6.45) is 2.13.